The fraction of sp³-hybridized carbons (Fsp3) is 0.214. The predicted molar refractivity (Wildman–Crippen MR) is 68.2 cm³/mol. The molecule has 0 radical (unpaired) electrons. The van der Waals surface area contributed by atoms with Crippen molar-refractivity contribution in [3.05, 3.63) is 54.1 Å². The molecule has 1 aromatic carbocycles. The zero-order chi connectivity index (χ0) is 12.4. The van der Waals surface area contributed by atoms with Gasteiger partial charge >= 0.3 is 5.97 Å². The van der Waals surface area contributed by atoms with Crippen LogP contribution >= 0.6 is 0 Å². The highest BCUT2D eigenvalue weighted by atomic mass is 16.4. The van der Waals surface area contributed by atoms with Gasteiger partial charge in [0.2, 0.25) is 0 Å². The molecule has 0 aliphatic rings. The van der Waals surface area contributed by atoms with Crippen molar-refractivity contribution in [2.75, 3.05) is 0 Å². The molecule has 0 spiro atoms. The van der Waals surface area contributed by atoms with Crippen LogP contribution in [-0.2, 0) is 4.79 Å². The molecule has 1 aromatic rings. The number of rotatable bonds is 3. The highest BCUT2D eigenvalue weighted by Gasteiger charge is 1.94. The molecule has 1 N–H and O–H groups in total. The summed E-state index contributed by atoms with van der Waals surface area (Å²) in [6.07, 6.45) is 4.31. The summed E-state index contributed by atoms with van der Waals surface area (Å²) >= 11 is 0. The second kappa shape index (κ2) is 8.48. The van der Waals surface area contributed by atoms with E-state index in [0.29, 0.717) is 5.57 Å². The summed E-state index contributed by atoms with van der Waals surface area (Å²) in [6, 6.07) is 10.0. The Morgan fingerprint density at radius 2 is 1.94 bits per heavy atom. The van der Waals surface area contributed by atoms with Gasteiger partial charge in [0.05, 0.1) is 0 Å². The number of carboxylic acid groups (broad SMARTS) is 1. The highest BCUT2D eigenvalue weighted by Crippen LogP contribution is 1.97. The lowest BCUT2D eigenvalue weighted by molar-refractivity contribution is -0.132. The fourth-order valence-corrected chi connectivity index (χ4v) is 0.983. The molecule has 0 amide bonds. The number of hydrogen-bond acceptors (Lipinski definition) is 1. The quantitative estimate of drug-likeness (QED) is 0.784. The summed E-state index contributed by atoms with van der Waals surface area (Å²) in [5.41, 5.74) is 1.60. The Kier molecular flexibility index (Phi) is 7.51. The zero-order valence-corrected chi connectivity index (χ0v) is 9.81. The maximum absolute atomic E-state index is 10.0. The second-order valence-corrected chi connectivity index (χ2v) is 3.22. The summed E-state index contributed by atoms with van der Waals surface area (Å²) < 4.78 is 0. The van der Waals surface area contributed by atoms with Gasteiger partial charge in [-0.25, -0.2) is 4.79 Å². The number of carbonyl (C=O) groups is 1. The summed E-state index contributed by atoms with van der Waals surface area (Å²) in [7, 11) is 0. The molecule has 86 valence electrons. The lowest BCUT2D eigenvalue weighted by atomic mass is 10.2. The third-order valence-electron chi connectivity index (χ3n) is 1.88. The van der Waals surface area contributed by atoms with Crippen molar-refractivity contribution in [1.29, 1.82) is 0 Å². The summed E-state index contributed by atoms with van der Waals surface area (Å²) in [5.74, 6) is -0.827. The van der Waals surface area contributed by atoms with E-state index in [1.54, 1.807) is 13.0 Å². The van der Waals surface area contributed by atoms with E-state index in [1.807, 2.05) is 43.3 Å². The van der Waals surface area contributed by atoms with Gasteiger partial charge in [-0.1, -0.05) is 56.0 Å². The minimum absolute atomic E-state index is 0.424. The van der Waals surface area contributed by atoms with Crippen molar-refractivity contribution in [3.63, 3.8) is 0 Å². The molecular weight excluding hydrogens is 200 g/mol. The molecule has 0 fully saturated rings. The molecule has 0 bridgehead atoms. The Morgan fingerprint density at radius 1 is 1.38 bits per heavy atom. The highest BCUT2D eigenvalue weighted by molar-refractivity contribution is 5.85. The molecule has 2 nitrogen and oxygen atoms in total. The first-order valence-corrected chi connectivity index (χ1v) is 5.19. The van der Waals surface area contributed by atoms with E-state index in [-0.39, 0.29) is 0 Å². The molecule has 0 aromatic heterocycles. The Balaban J connectivity index is 0.000000281. The van der Waals surface area contributed by atoms with Crippen molar-refractivity contribution >= 4 is 12.0 Å². The minimum Gasteiger partial charge on any atom is -0.478 e. The zero-order valence-electron chi connectivity index (χ0n) is 9.81. The van der Waals surface area contributed by atoms with Gasteiger partial charge < -0.3 is 5.11 Å². The van der Waals surface area contributed by atoms with Crippen molar-refractivity contribution in [2.45, 2.75) is 20.3 Å². The largest absolute Gasteiger partial charge is 0.478 e. The predicted octanol–water partition coefficient (Wildman–Crippen LogP) is 3.76. The van der Waals surface area contributed by atoms with Gasteiger partial charge in [-0.3, -0.25) is 0 Å². The van der Waals surface area contributed by atoms with Crippen LogP contribution in [0.2, 0.25) is 0 Å². The Labute approximate surface area is 96.9 Å². The van der Waals surface area contributed by atoms with Crippen LogP contribution in [0.25, 0.3) is 6.08 Å². The number of allylic oxidation sites excluding steroid dienone is 1. The van der Waals surface area contributed by atoms with Crippen LogP contribution < -0.4 is 0 Å². The Bertz CT molecular complexity index is 350. The van der Waals surface area contributed by atoms with Crippen molar-refractivity contribution in [1.82, 2.24) is 0 Å². The van der Waals surface area contributed by atoms with Crippen LogP contribution in [0.1, 0.15) is 25.8 Å². The van der Waals surface area contributed by atoms with E-state index < -0.39 is 5.97 Å². The van der Waals surface area contributed by atoms with E-state index >= 15 is 0 Å². The molecule has 16 heavy (non-hydrogen) atoms. The second-order valence-electron chi connectivity index (χ2n) is 3.22. The molecule has 0 aliphatic heterocycles. The number of benzene rings is 1. The van der Waals surface area contributed by atoms with Gasteiger partial charge in [-0.05, 0) is 18.9 Å². The van der Waals surface area contributed by atoms with Crippen molar-refractivity contribution in [3.8, 4) is 0 Å². The normalized spacial score (nSPS) is 10.0. The first kappa shape index (κ1) is 14.2. The van der Waals surface area contributed by atoms with Crippen molar-refractivity contribution < 1.29 is 9.90 Å². The first-order chi connectivity index (χ1) is 7.61. The maximum Gasteiger partial charge on any atom is 0.330 e. The van der Waals surface area contributed by atoms with Gasteiger partial charge in [0.1, 0.15) is 0 Å². The number of hydrogen-bond donors (Lipinski definition) is 1. The third kappa shape index (κ3) is 6.60. The molecule has 0 aliphatic carbocycles. The van der Waals surface area contributed by atoms with E-state index in [9.17, 15) is 4.79 Å². The van der Waals surface area contributed by atoms with Gasteiger partial charge in [0.25, 0.3) is 0 Å². The van der Waals surface area contributed by atoms with E-state index in [1.165, 1.54) is 5.56 Å². The summed E-state index contributed by atoms with van der Waals surface area (Å²) in [6.45, 7) is 7.13. The van der Waals surface area contributed by atoms with Crippen LogP contribution in [0.15, 0.2) is 48.6 Å². The SMILES string of the molecule is C=Cc1ccccc1.CCC=C(C)C(=O)O. The molecule has 0 unspecified atom stereocenters. The van der Waals surface area contributed by atoms with E-state index in [2.05, 4.69) is 6.58 Å². The molecule has 0 saturated heterocycles. The van der Waals surface area contributed by atoms with E-state index in [0.717, 1.165) is 6.42 Å². The summed E-state index contributed by atoms with van der Waals surface area (Å²) in [5, 5.41) is 8.24. The topological polar surface area (TPSA) is 37.3 Å². The molecule has 1 rings (SSSR count). The molecular formula is C14H18O2. The van der Waals surface area contributed by atoms with Crippen LogP contribution in [0.5, 0.6) is 0 Å². The fourth-order valence-electron chi connectivity index (χ4n) is 0.983. The summed E-state index contributed by atoms with van der Waals surface area (Å²) in [4.78, 5) is 10.0. The van der Waals surface area contributed by atoms with Gasteiger partial charge in [-0.15, -0.1) is 0 Å². The molecule has 0 atom stereocenters. The van der Waals surface area contributed by atoms with Crippen LogP contribution in [0.4, 0.5) is 0 Å². The average Bonchev–Trinajstić information content (AvgIpc) is 2.31. The standard InChI is InChI=1S/C8H8.C6H10O2/c1-2-8-6-4-3-5-7-8;1-3-4-5(2)6(7)8/h2-7H,1H2;4H,3H2,1-2H3,(H,7,8). The third-order valence-corrected chi connectivity index (χ3v) is 1.88. The average molecular weight is 218 g/mol. The van der Waals surface area contributed by atoms with Crippen LogP contribution in [0, 0.1) is 0 Å². The Morgan fingerprint density at radius 3 is 2.19 bits per heavy atom. The lowest BCUT2D eigenvalue weighted by Crippen LogP contribution is -1.94. The van der Waals surface area contributed by atoms with Gasteiger partial charge in [-0.2, -0.15) is 0 Å². The maximum atomic E-state index is 10.0. The smallest absolute Gasteiger partial charge is 0.330 e. The monoisotopic (exact) mass is 218 g/mol. The minimum atomic E-state index is -0.827. The number of carboxylic acids is 1. The van der Waals surface area contributed by atoms with Gasteiger partial charge in [0.15, 0.2) is 0 Å². The molecule has 0 saturated carbocycles. The molecule has 2 heteroatoms. The van der Waals surface area contributed by atoms with Crippen LogP contribution in [0.3, 0.4) is 0 Å². The van der Waals surface area contributed by atoms with Gasteiger partial charge in [0, 0.05) is 5.57 Å². The van der Waals surface area contributed by atoms with Crippen molar-refractivity contribution in [2.24, 2.45) is 0 Å². The first-order valence-electron chi connectivity index (χ1n) is 5.19. The lowest BCUT2D eigenvalue weighted by Gasteiger charge is -1.87. The number of aliphatic carboxylic acids is 1. The van der Waals surface area contributed by atoms with Crippen LogP contribution in [-0.4, -0.2) is 11.1 Å². The Hall–Kier alpha value is -1.83. The van der Waals surface area contributed by atoms with E-state index in [4.69, 9.17) is 5.11 Å². The molecule has 0 heterocycles.